The average molecular weight is 935 g/mol. The second-order valence-electron chi connectivity index (χ2n) is 15.4. The van der Waals surface area contributed by atoms with Gasteiger partial charge in [0.2, 0.25) is 0 Å². The van der Waals surface area contributed by atoms with Crippen LogP contribution in [0.15, 0.2) is 158 Å². The molecule has 0 saturated heterocycles. The number of esters is 1. The minimum Gasteiger partial charge on any atom is -0.457 e. The third kappa shape index (κ3) is 49.5. The molecular weight excluding hydrogens is 848 g/mol. The molecule has 0 aliphatic rings. The van der Waals surface area contributed by atoms with Crippen LogP contribution in [-0.4, -0.2) is 66.3 Å². The summed E-state index contributed by atoms with van der Waals surface area (Å²) in [6.45, 7) is 3.06. The molecular formula is C56H87O9P. The molecule has 10 heteroatoms. The van der Waals surface area contributed by atoms with Crippen LogP contribution in [0.5, 0.6) is 0 Å². The number of phosphoric ester groups is 1. The SMILES string of the molecule is CC/C=C\C/C=C\C/C=C\C/C=C\C/C=C\C/C=C\C/C=C\CCCCOCC(COP(=O)(O)OCC(O)CO)OC(=O)CCCC/C=C\C/C=C\C/C=C\C/C=C\C/C=C\C/C=C\CC. The van der Waals surface area contributed by atoms with Crippen LogP contribution in [0.3, 0.4) is 0 Å². The second kappa shape index (κ2) is 50.5. The van der Waals surface area contributed by atoms with Gasteiger partial charge in [-0.3, -0.25) is 13.8 Å². The highest BCUT2D eigenvalue weighted by Gasteiger charge is 2.26. The van der Waals surface area contributed by atoms with Crippen molar-refractivity contribution in [2.75, 3.05) is 33.0 Å². The van der Waals surface area contributed by atoms with E-state index in [9.17, 15) is 19.4 Å². The molecule has 0 radical (unpaired) electrons. The Morgan fingerprint density at radius 3 is 1.17 bits per heavy atom. The molecule has 9 nitrogen and oxygen atoms in total. The lowest BCUT2D eigenvalue weighted by molar-refractivity contribution is -0.154. The minimum absolute atomic E-state index is 0.0118. The molecule has 0 saturated carbocycles. The molecule has 0 aromatic rings. The van der Waals surface area contributed by atoms with Crippen molar-refractivity contribution in [3.8, 4) is 0 Å². The highest BCUT2D eigenvalue weighted by molar-refractivity contribution is 7.47. The fraction of sp³-hybridized carbons (Fsp3) is 0.518. The first-order valence-corrected chi connectivity index (χ1v) is 26.0. The summed E-state index contributed by atoms with van der Waals surface area (Å²) in [5.74, 6) is -0.448. The van der Waals surface area contributed by atoms with Gasteiger partial charge in [0.1, 0.15) is 12.2 Å². The molecule has 0 fully saturated rings. The molecule has 66 heavy (non-hydrogen) atoms. The predicted molar refractivity (Wildman–Crippen MR) is 278 cm³/mol. The number of hydrogen-bond acceptors (Lipinski definition) is 8. The third-order valence-corrected chi connectivity index (χ3v) is 10.2. The molecule has 0 aromatic carbocycles. The van der Waals surface area contributed by atoms with Gasteiger partial charge < -0.3 is 24.6 Å². The van der Waals surface area contributed by atoms with Gasteiger partial charge in [0.05, 0.1) is 26.4 Å². The zero-order chi connectivity index (χ0) is 48.1. The van der Waals surface area contributed by atoms with Crippen molar-refractivity contribution in [1.29, 1.82) is 0 Å². The predicted octanol–water partition coefficient (Wildman–Crippen LogP) is 14.5. The first-order valence-electron chi connectivity index (χ1n) is 24.5. The van der Waals surface area contributed by atoms with Crippen LogP contribution in [0, 0.1) is 0 Å². The Balaban J connectivity index is 4.35. The van der Waals surface area contributed by atoms with Crippen molar-refractivity contribution >= 4 is 13.8 Å². The Kier molecular flexibility index (Phi) is 47.5. The molecule has 3 atom stereocenters. The van der Waals surface area contributed by atoms with E-state index in [0.717, 1.165) is 116 Å². The molecule has 0 heterocycles. The monoisotopic (exact) mass is 935 g/mol. The van der Waals surface area contributed by atoms with Gasteiger partial charge in [-0.2, -0.15) is 0 Å². The van der Waals surface area contributed by atoms with Crippen molar-refractivity contribution in [1.82, 2.24) is 0 Å². The van der Waals surface area contributed by atoms with Crippen LogP contribution in [0.2, 0.25) is 0 Å². The van der Waals surface area contributed by atoms with Gasteiger partial charge in [0.25, 0.3) is 0 Å². The summed E-state index contributed by atoms with van der Waals surface area (Å²) in [6, 6.07) is 0. The maximum Gasteiger partial charge on any atom is 0.472 e. The fourth-order valence-electron chi connectivity index (χ4n) is 5.57. The molecule has 0 amide bonds. The Morgan fingerprint density at radius 2 is 0.803 bits per heavy atom. The lowest BCUT2D eigenvalue weighted by atomic mass is 10.2. The van der Waals surface area contributed by atoms with Crippen molar-refractivity contribution in [2.45, 2.75) is 154 Å². The van der Waals surface area contributed by atoms with Crippen LogP contribution in [0.1, 0.15) is 142 Å². The Bertz CT molecular complexity index is 1570. The number of aliphatic hydroxyl groups excluding tert-OH is 2. The second-order valence-corrected chi connectivity index (χ2v) is 16.8. The van der Waals surface area contributed by atoms with Crippen molar-refractivity contribution < 1.29 is 43.0 Å². The van der Waals surface area contributed by atoms with E-state index in [1.165, 1.54) is 0 Å². The van der Waals surface area contributed by atoms with Crippen molar-refractivity contribution in [2.24, 2.45) is 0 Å². The van der Waals surface area contributed by atoms with E-state index in [0.29, 0.717) is 13.0 Å². The van der Waals surface area contributed by atoms with Crippen molar-refractivity contribution in [3.05, 3.63) is 158 Å². The number of carbonyl (C=O) groups excluding carboxylic acids is 1. The van der Waals surface area contributed by atoms with Crippen LogP contribution in [-0.2, 0) is 27.9 Å². The molecule has 0 rings (SSSR count). The number of aliphatic hydroxyl groups is 2. The van der Waals surface area contributed by atoms with Crippen LogP contribution < -0.4 is 0 Å². The van der Waals surface area contributed by atoms with Gasteiger partial charge >= 0.3 is 13.8 Å². The topological polar surface area (TPSA) is 132 Å². The standard InChI is InChI=1S/C56H87O9P/c1-3-5-7-9-11-13-15-17-19-21-23-25-26-27-29-31-33-35-37-39-41-43-45-47-49-62-52-55(53-64-66(60,61)63-51-54(58)50-57)65-56(59)48-46-44-42-40-38-36-34-32-30-28-24-22-20-18-16-14-12-10-8-6-4-2/h5-8,11-14,17-20,23-25,27-29,32-35,38-41,54-55,57-58H,3-4,9-10,15-16,21-22,26,30-31,36-37,42-53H2,1-2H3,(H,60,61)/b7-5-,8-6-,13-11-,14-12-,19-17-,20-18-,25-23-,28-24-,29-27-,34-32-,35-33-,40-38-,41-39-. The lowest BCUT2D eigenvalue weighted by Crippen LogP contribution is -2.29. The van der Waals surface area contributed by atoms with Gasteiger partial charge in [-0.05, 0) is 122 Å². The van der Waals surface area contributed by atoms with Crippen LogP contribution in [0.25, 0.3) is 0 Å². The Morgan fingerprint density at radius 1 is 0.470 bits per heavy atom. The molecule has 0 bridgehead atoms. The summed E-state index contributed by atoms with van der Waals surface area (Å²) in [4.78, 5) is 22.7. The number of phosphoric acid groups is 1. The summed E-state index contributed by atoms with van der Waals surface area (Å²) in [5.41, 5.74) is 0. The number of unbranched alkanes of at least 4 members (excludes halogenated alkanes) is 4. The van der Waals surface area contributed by atoms with E-state index in [4.69, 9.17) is 23.6 Å². The third-order valence-electron chi connectivity index (χ3n) is 9.21. The first kappa shape index (κ1) is 62.1. The van der Waals surface area contributed by atoms with Crippen LogP contribution >= 0.6 is 7.82 Å². The zero-order valence-corrected chi connectivity index (χ0v) is 41.5. The molecule has 0 spiro atoms. The summed E-state index contributed by atoms with van der Waals surface area (Å²) in [7, 11) is -4.56. The smallest absolute Gasteiger partial charge is 0.457 e. The number of allylic oxidation sites excluding steroid dienone is 26. The molecule has 0 aliphatic heterocycles. The van der Waals surface area contributed by atoms with Gasteiger partial charge in [0, 0.05) is 13.0 Å². The summed E-state index contributed by atoms with van der Waals surface area (Å²) < 4.78 is 33.4. The molecule has 370 valence electrons. The fourth-order valence-corrected chi connectivity index (χ4v) is 6.36. The number of ether oxygens (including phenoxy) is 2. The normalized spacial score (nSPS) is 15.2. The molecule has 0 aliphatic carbocycles. The average Bonchev–Trinajstić information content (AvgIpc) is 3.31. The number of carbonyl (C=O) groups is 1. The van der Waals surface area contributed by atoms with Gasteiger partial charge in [-0.25, -0.2) is 4.57 Å². The zero-order valence-electron chi connectivity index (χ0n) is 40.6. The Hall–Kier alpha value is -3.92. The van der Waals surface area contributed by atoms with E-state index < -0.39 is 45.8 Å². The highest BCUT2D eigenvalue weighted by Crippen LogP contribution is 2.43. The lowest BCUT2D eigenvalue weighted by Gasteiger charge is -2.20. The van der Waals surface area contributed by atoms with Crippen molar-refractivity contribution in [3.63, 3.8) is 0 Å². The maximum absolute atomic E-state index is 12.7. The quantitative estimate of drug-likeness (QED) is 0.0236. The molecule has 3 N–H and O–H groups in total. The first-order chi connectivity index (χ1) is 32.3. The molecule has 0 aromatic heterocycles. The van der Waals surface area contributed by atoms with Crippen LogP contribution in [0.4, 0.5) is 0 Å². The molecule has 3 unspecified atom stereocenters. The van der Waals surface area contributed by atoms with E-state index in [2.05, 4.69) is 172 Å². The van der Waals surface area contributed by atoms with E-state index in [1.807, 2.05) is 0 Å². The Labute approximate surface area is 400 Å². The van der Waals surface area contributed by atoms with E-state index in [1.54, 1.807) is 0 Å². The maximum atomic E-state index is 12.7. The number of rotatable bonds is 44. The summed E-state index contributed by atoms with van der Waals surface area (Å²) >= 11 is 0. The van der Waals surface area contributed by atoms with Gasteiger partial charge in [-0.1, -0.05) is 172 Å². The largest absolute Gasteiger partial charge is 0.472 e. The van der Waals surface area contributed by atoms with Gasteiger partial charge in [-0.15, -0.1) is 0 Å². The van der Waals surface area contributed by atoms with E-state index >= 15 is 0 Å². The summed E-state index contributed by atoms with van der Waals surface area (Å²) in [6.07, 6.45) is 72.1. The van der Waals surface area contributed by atoms with E-state index in [-0.39, 0.29) is 13.0 Å². The highest BCUT2D eigenvalue weighted by atomic mass is 31.2. The summed E-state index contributed by atoms with van der Waals surface area (Å²) in [5, 5.41) is 18.4. The number of hydrogen-bond donors (Lipinski definition) is 3. The van der Waals surface area contributed by atoms with Gasteiger partial charge in [0.15, 0.2) is 0 Å². The minimum atomic E-state index is -4.56.